The van der Waals surface area contributed by atoms with Crippen LogP contribution in [-0.2, 0) is 6.42 Å². The van der Waals surface area contributed by atoms with Crippen LogP contribution in [0.1, 0.15) is 36.2 Å². The van der Waals surface area contributed by atoms with Crippen LogP contribution in [0.3, 0.4) is 0 Å². The summed E-state index contributed by atoms with van der Waals surface area (Å²) in [6.45, 7) is 6.25. The predicted octanol–water partition coefficient (Wildman–Crippen LogP) is 5.20. The number of hydrogen-bond acceptors (Lipinski definition) is 1. The van der Waals surface area contributed by atoms with E-state index in [1.165, 1.54) is 16.8 Å². The molecule has 0 aliphatic rings. The molecular formula is C18H19ClN2. The minimum absolute atomic E-state index is 0.136. The Kier molecular flexibility index (Phi) is 3.73. The fourth-order valence-corrected chi connectivity index (χ4v) is 2.90. The highest BCUT2D eigenvalue weighted by Crippen LogP contribution is 2.30. The van der Waals surface area contributed by atoms with Crippen LogP contribution in [0.2, 0.25) is 0 Å². The van der Waals surface area contributed by atoms with Crippen LogP contribution in [0.15, 0.2) is 42.5 Å². The van der Waals surface area contributed by atoms with Crippen LogP contribution < -0.4 is 0 Å². The van der Waals surface area contributed by atoms with Gasteiger partial charge in [0.15, 0.2) is 0 Å². The molecular weight excluding hydrogens is 280 g/mol. The number of alkyl halides is 1. The number of aromatic nitrogens is 2. The molecule has 0 bridgehead atoms. The first kappa shape index (κ1) is 14.2. The van der Waals surface area contributed by atoms with Crippen LogP contribution in [0.4, 0.5) is 0 Å². The minimum Gasteiger partial charge on any atom is -0.295 e. The second kappa shape index (κ2) is 5.53. The normalized spacial score (nSPS) is 12.8. The maximum atomic E-state index is 6.38. The first-order valence-corrected chi connectivity index (χ1v) is 7.76. The van der Waals surface area contributed by atoms with E-state index >= 15 is 0 Å². The van der Waals surface area contributed by atoms with Crippen molar-refractivity contribution in [3.63, 3.8) is 0 Å². The fourth-order valence-electron chi connectivity index (χ4n) is 2.75. The summed E-state index contributed by atoms with van der Waals surface area (Å²) in [4.78, 5) is 4.74. The van der Waals surface area contributed by atoms with Gasteiger partial charge in [-0.05, 0) is 49.6 Å². The molecule has 3 heteroatoms. The monoisotopic (exact) mass is 298 g/mol. The maximum Gasteiger partial charge on any atom is 0.132 e. The van der Waals surface area contributed by atoms with Gasteiger partial charge >= 0.3 is 0 Å². The maximum absolute atomic E-state index is 6.38. The van der Waals surface area contributed by atoms with E-state index in [2.05, 4.69) is 60.9 Å². The van der Waals surface area contributed by atoms with Crippen LogP contribution in [0.25, 0.3) is 16.7 Å². The molecule has 0 amide bonds. The molecule has 0 saturated carbocycles. The lowest BCUT2D eigenvalue weighted by Crippen LogP contribution is -2.04. The molecule has 1 atom stereocenters. The quantitative estimate of drug-likeness (QED) is 0.608. The molecule has 1 unspecified atom stereocenters. The number of rotatable bonds is 3. The van der Waals surface area contributed by atoms with E-state index in [1.807, 2.05) is 6.92 Å². The molecule has 2 aromatic carbocycles. The first-order valence-electron chi connectivity index (χ1n) is 7.33. The van der Waals surface area contributed by atoms with Gasteiger partial charge in [0.1, 0.15) is 5.82 Å². The number of para-hydroxylation sites is 1. The summed E-state index contributed by atoms with van der Waals surface area (Å²) in [6, 6.07) is 14.8. The number of aryl methyl sites for hydroxylation is 2. The number of imidazole rings is 1. The Morgan fingerprint density at radius 3 is 2.67 bits per heavy atom. The summed E-state index contributed by atoms with van der Waals surface area (Å²) in [5.74, 6) is 0.901. The van der Waals surface area contributed by atoms with Crippen LogP contribution in [0.5, 0.6) is 0 Å². The molecule has 3 aromatic rings. The molecule has 21 heavy (non-hydrogen) atoms. The van der Waals surface area contributed by atoms with Crippen molar-refractivity contribution in [2.24, 2.45) is 0 Å². The molecule has 2 nitrogen and oxygen atoms in total. The highest BCUT2D eigenvalue weighted by molar-refractivity contribution is 6.20. The summed E-state index contributed by atoms with van der Waals surface area (Å²) >= 11 is 6.38. The third kappa shape index (κ3) is 2.44. The van der Waals surface area contributed by atoms with Gasteiger partial charge in [0.25, 0.3) is 0 Å². The molecule has 0 radical (unpaired) electrons. The van der Waals surface area contributed by atoms with Gasteiger partial charge in [-0.25, -0.2) is 4.98 Å². The van der Waals surface area contributed by atoms with Crippen molar-refractivity contribution < 1.29 is 0 Å². The SMILES string of the molecule is CCc1ccccc1-n1c(C(C)Cl)nc2ccc(C)cc21. The Morgan fingerprint density at radius 2 is 1.95 bits per heavy atom. The highest BCUT2D eigenvalue weighted by atomic mass is 35.5. The molecule has 0 aliphatic heterocycles. The molecule has 108 valence electrons. The lowest BCUT2D eigenvalue weighted by atomic mass is 10.1. The minimum atomic E-state index is -0.136. The number of fused-ring (bicyclic) bond motifs is 1. The van der Waals surface area contributed by atoms with Gasteiger partial charge in [0.2, 0.25) is 0 Å². The summed E-state index contributed by atoms with van der Waals surface area (Å²) < 4.78 is 2.21. The van der Waals surface area contributed by atoms with Crippen LogP contribution in [-0.4, -0.2) is 9.55 Å². The smallest absolute Gasteiger partial charge is 0.132 e. The zero-order chi connectivity index (χ0) is 15.0. The molecule has 0 spiro atoms. The van der Waals surface area contributed by atoms with Gasteiger partial charge < -0.3 is 0 Å². The molecule has 1 heterocycles. The van der Waals surface area contributed by atoms with Crippen molar-refractivity contribution >= 4 is 22.6 Å². The largest absolute Gasteiger partial charge is 0.295 e. The van der Waals surface area contributed by atoms with E-state index in [1.54, 1.807) is 0 Å². The van der Waals surface area contributed by atoms with E-state index in [0.29, 0.717) is 0 Å². The van der Waals surface area contributed by atoms with Gasteiger partial charge in [0, 0.05) is 0 Å². The standard InChI is InChI=1S/C18H19ClN2/c1-4-14-7-5-6-8-16(14)21-17-11-12(2)9-10-15(17)20-18(21)13(3)19/h5-11,13H,4H2,1-3H3. The Hall–Kier alpha value is -1.80. The third-order valence-corrected chi connectivity index (χ3v) is 4.00. The van der Waals surface area contributed by atoms with Crippen molar-refractivity contribution in [2.75, 3.05) is 0 Å². The van der Waals surface area contributed by atoms with Crippen molar-refractivity contribution in [1.82, 2.24) is 9.55 Å². The zero-order valence-electron chi connectivity index (χ0n) is 12.6. The lowest BCUT2D eigenvalue weighted by molar-refractivity contribution is 0.872. The van der Waals surface area contributed by atoms with Gasteiger partial charge in [-0.15, -0.1) is 11.6 Å². The second-order valence-corrected chi connectivity index (χ2v) is 6.05. The summed E-state index contributed by atoms with van der Waals surface area (Å²) in [6.07, 6.45) is 0.984. The fraction of sp³-hybridized carbons (Fsp3) is 0.278. The predicted molar refractivity (Wildman–Crippen MR) is 89.5 cm³/mol. The first-order chi connectivity index (χ1) is 10.1. The zero-order valence-corrected chi connectivity index (χ0v) is 13.4. The average molecular weight is 299 g/mol. The lowest BCUT2D eigenvalue weighted by Gasteiger charge is -2.14. The van der Waals surface area contributed by atoms with E-state index in [9.17, 15) is 0 Å². The molecule has 0 aliphatic carbocycles. The molecule has 0 saturated heterocycles. The van der Waals surface area contributed by atoms with Gasteiger partial charge in [0.05, 0.1) is 22.1 Å². The molecule has 0 N–H and O–H groups in total. The van der Waals surface area contributed by atoms with Crippen molar-refractivity contribution in [3.05, 3.63) is 59.4 Å². The van der Waals surface area contributed by atoms with E-state index in [-0.39, 0.29) is 5.38 Å². The Balaban J connectivity index is 2.38. The van der Waals surface area contributed by atoms with E-state index in [4.69, 9.17) is 16.6 Å². The summed E-state index contributed by atoms with van der Waals surface area (Å²) in [5, 5.41) is -0.136. The second-order valence-electron chi connectivity index (χ2n) is 5.40. The van der Waals surface area contributed by atoms with Crippen LogP contribution in [0, 0.1) is 6.92 Å². The molecule has 0 fully saturated rings. The molecule has 1 aromatic heterocycles. The number of nitrogens with zero attached hydrogens (tertiary/aromatic N) is 2. The molecule has 3 rings (SSSR count). The Bertz CT molecular complexity index is 787. The average Bonchev–Trinajstić information content (AvgIpc) is 2.85. The van der Waals surface area contributed by atoms with Gasteiger partial charge in [-0.2, -0.15) is 0 Å². The number of hydrogen-bond donors (Lipinski definition) is 0. The van der Waals surface area contributed by atoms with E-state index in [0.717, 1.165) is 23.3 Å². The number of benzene rings is 2. The van der Waals surface area contributed by atoms with E-state index < -0.39 is 0 Å². The number of halogens is 1. The van der Waals surface area contributed by atoms with Crippen molar-refractivity contribution in [2.45, 2.75) is 32.6 Å². The summed E-state index contributed by atoms with van der Waals surface area (Å²) in [7, 11) is 0. The van der Waals surface area contributed by atoms with Crippen molar-refractivity contribution in [3.8, 4) is 5.69 Å². The third-order valence-electron chi connectivity index (χ3n) is 3.81. The Labute approximate surface area is 130 Å². The Morgan fingerprint density at radius 1 is 1.19 bits per heavy atom. The topological polar surface area (TPSA) is 17.8 Å². The summed E-state index contributed by atoms with van der Waals surface area (Å²) in [5.41, 5.74) is 5.83. The van der Waals surface area contributed by atoms with Crippen molar-refractivity contribution in [1.29, 1.82) is 0 Å². The van der Waals surface area contributed by atoms with Gasteiger partial charge in [-0.3, -0.25) is 4.57 Å². The van der Waals surface area contributed by atoms with Crippen LogP contribution >= 0.6 is 11.6 Å². The highest BCUT2D eigenvalue weighted by Gasteiger charge is 2.17. The van der Waals surface area contributed by atoms with Gasteiger partial charge in [-0.1, -0.05) is 31.2 Å².